The zero-order chi connectivity index (χ0) is 18.8. The molecule has 0 bridgehead atoms. The molecule has 8 heteroatoms. The van der Waals surface area contributed by atoms with Gasteiger partial charge in [-0.25, -0.2) is 13.9 Å². The topological polar surface area (TPSA) is 85.1 Å². The van der Waals surface area contributed by atoms with Crippen LogP contribution in [-0.2, 0) is 6.54 Å². The number of hydrogen-bond donors (Lipinski definition) is 1. The van der Waals surface area contributed by atoms with Crippen LogP contribution in [0, 0.1) is 12.7 Å². The van der Waals surface area contributed by atoms with Crippen LogP contribution in [0.25, 0.3) is 16.9 Å². The van der Waals surface area contributed by atoms with Crippen LogP contribution in [0.2, 0.25) is 0 Å². The molecule has 134 valence electrons. The van der Waals surface area contributed by atoms with E-state index in [1.165, 1.54) is 16.6 Å². The molecule has 4 aromatic rings. The predicted molar refractivity (Wildman–Crippen MR) is 96.3 cm³/mol. The largest absolute Gasteiger partial charge is 0.346 e. The molecule has 3 heterocycles. The SMILES string of the molecule is Cc1nc2ncc(-c3cc(F)cc(C(=O)NCc4ccccn4)c3)cn2n1. The molecule has 0 aliphatic heterocycles. The Labute approximate surface area is 153 Å². The monoisotopic (exact) mass is 362 g/mol. The summed E-state index contributed by atoms with van der Waals surface area (Å²) in [5.41, 5.74) is 2.10. The highest BCUT2D eigenvalue weighted by Crippen LogP contribution is 2.21. The van der Waals surface area contributed by atoms with Crippen molar-refractivity contribution in [1.82, 2.24) is 29.9 Å². The summed E-state index contributed by atoms with van der Waals surface area (Å²) in [6.45, 7) is 2.03. The summed E-state index contributed by atoms with van der Waals surface area (Å²) >= 11 is 0. The predicted octanol–water partition coefficient (Wildman–Crippen LogP) is 2.56. The highest BCUT2D eigenvalue weighted by molar-refractivity contribution is 5.95. The normalized spacial score (nSPS) is 10.9. The van der Waals surface area contributed by atoms with E-state index in [1.807, 2.05) is 6.07 Å². The van der Waals surface area contributed by atoms with Gasteiger partial charge in [0.1, 0.15) is 11.6 Å². The third-order valence-electron chi connectivity index (χ3n) is 3.95. The van der Waals surface area contributed by atoms with Gasteiger partial charge in [-0.15, -0.1) is 0 Å². The Balaban J connectivity index is 1.61. The number of nitrogens with one attached hydrogen (secondary N) is 1. The first-order chi connectivity index (χ1) is 13.1. The second-order valence-electron chi connectivity index (χ2n) is 5.98. The molecule has 0 atom stereocenters. The van der Waals surface area contributed by atoms with Crippen LogP contribution in [0.15, 0.2) is 55.0 Å². The summed E-state index contributed by atoms with van der Waals surface area (Å²) in [4.78, 5) is 24.9. The molecule has 0 fully saturated rings. The van der Waals surface area contributed by atoms with Gasteiger partial charge in [0, 0.05) is 29.7 Å². The summed E-state index contributed by atoms with van der Waals surface area (Å²) in [6, 6.07) is 9.60. The number of halogens is 1. The average molecular weight is 362 g/mol. The molecular formula is C19H15FN6O. The summed E-state index contributed by atoms with van der Waals surface area (Å²) < 4.78 is 15.6. The zero-order valence-corrected chi connectivity index (χ0v) is 14.4. The Hall–Kier alpha value is -3.68. The molecule has 7 nitrogen and oxygen atoms in total. The van der Waals surface area contributed by atoms with Crippen LogP contribution < -0.4 is 5.32 Å². The number of hydrogen-bond acceptors (Lipinski definition) is 5. The number of rotatable bonds is 4. The van der Waals surface area contributed by atoms with Crippen molar-refractivity contribution in [3.63, 3.8) is 0 Å². The lowest BCUT2D eigenvalue weighted by molar-refractivity contribution is 0.0950. The highest BCUT2D eigenvalue weighted by atomic mass is 19.1. The van der Waals surface area contributed by atoms with Gasteiger partial charge < -0.3 is 5.32 Å². The van der Waals surface area contributed by atoms with Gasteiger partial charge in [0.25, 0.3) is 11.7 Å². The van der Waals surface area contributed by atoms with Crippen molar-refractivity contribution in [3.8, 4) is 11.1 Å². The van der Waals surface area contributed by atoms with E-state index in [0.717, 1.165) is 5.69 Å². The van der Waals surface area contributed by atoms with Crippen molar-refractivity contribution in [3.05, 3.63) is 77.9 Å². The Morgan fingerprint density at radius 1 is 1.19 bits per heavy atom. The number of aryl methyl sites for hydroxylation is 1. The number of benzene rings is 1. The van der Waals surface area contributed by atoms with Gasteiger partial charge in [-0.05, 0) is 42.8 Å². The number of pyridine rings is 1. The Kier molecular flexibility index (Phi) is 4.29. The quantitative estimate of drug-likeness (QED) is 0.603. The van der Waals surface area contributed by atoms with E-state index in [4.69, 9.17) is 0 Å². The van der Waals surface area contributed by atoms with E-state index in [1.54, 1.807) is 43.7 Å². The van der Waals surface area contributed by atoms with Crippen LogP contribution in [0.1, 0.15) is 21.9 Å². The minimum absolute atomic E-state index is 0.218. The molecular weight excluding hydrogens is 347 g/mol. The minimum atomic E-state index is -0.509. The average Bonchev–Trinajstić information content (AvgIpc) is 3.05. The fourth-order valence-corrected chi connectivity index (χ4v) is 2.70. The lowest BCUT2D eigenvalue weighted by Crippen LogP contribution is -2.23. The van der Waals surface area contributed by atoms with Crippen molar-refractivity contribution in [2.45, 2.75) is 13.5 Å². The third kappa shape index (κ3) is 3.64. The smallest absolute Gasteiger partial charge is 0.252 e. The first-order valence-corrected chi connectivity index (χ1v) is 8.26. The van der Waals surface area contributed by atoms with Crippen LogP contribution in [0.5, 0.6) is 0 Å². The lowest BCUT2D eigenvalue weighted by atomic mass is 10.0. The van der Waals surface area contributed by atoms with E-state index in [9.17, 15) is 9.18 Å². The van der Waals surface area contributed by atoms with Gasteiger partial charge >= 0.3 is 0 Å². The van der Waals surface area contributed by atoms with E-state index in [-0.39, 0.29) is 18.0 Å². The van der Waals surface area contributed by atoms with Gasteiger partial charge in [-0.3, -0.25) is 9.78 Å². The van der Waals surface area contributed by atoms with Crippen molar-refractivity contribution in [2.75, 3.05) is 0 Å². The maximum absolute atomic E-state index is 14.1. The summed E-state index contributed by atoms with van der Waals surface area (Å²) in [5.74, 6) is 0.159. The lowest BCUT2D eigenvalue weighted by Gasteiger charge is -2.08. The molecule has 0 aliphatic rings. The second-order valence-corrected chi connectivity index (χ2v) is 5.98. The first-order valence-electron chi connectivity index (χ1n) is 8.26. The fourth-order valence-electron chi connectivity index (χ4n) is 2.70. The van der Waals surface area contributed by atoms with Crippen molar-refractivity contribution >= 4 is 11.7 Å². The van der Waals surface area contributed by atoms with Crippen molar-refractivity contribution in [1.29, 1.82) is 0 Å². The Bertz CT molecular complexity index is 1130. The number of carbonyl (C=O) groups is 1. The molecule has 0 unspecified atom stereocenters. The van der Waals surface area contributed by atoms with Crippen LogP contribution in [0.3, 0.4) is 0 Å². The van der Waals surface area contributed by atoms with Gasteiger partial charge in [0.05, 0.1) is 12.2 Å². The zero-order valence-electron chi connectivity index (χ0n) is 14.4. The van der Waals surface area contributed by atoms with Gasteiger partial charge in [-0.2, -0.15) is 10.1 Å². The van der Waals surface area contributed by atoms with E-state index in [2.05, 4.69) is 25.4 Å². The highest BCUT2D eigenvalue weighted by Gasteiger charge is 2.12. The van der Waals surface area contributed by atoms with E-state index < -0.39 is 5.82 Å². The number of aromatic nitrogens is 5. The van der Waals surface area contributed by atoms with Crippen molar-refractivity contribution in [2.24, 2.45) is 0 Å². The van der Waals surface area contributed by atoms with Gasteiger partial charge in [0.2, 0.25) is 0 Å². The van der Waals surface area contributed by atoms with E-state index in [0.29, 0.717) is 22.7 Å². The maximum atomic E-state index is 14.1. The molecule has 0 aliphatic carbocycles. The summed E-state index contributed by atoms with van der Waals surface area (Å²) in [5, 5.41) is 6.95. The molecule has 27 heavy (non-hydrogen) atoms. The fraction of sp³-hybridized carbons (Fsp3) is 0.105. The molecule has 0 saturated carbocycles. The third-order valence-corrected chi connectivity index (χ3v) is 3.95. The summed E-state index contributed by atoms with van der Waals surface area (Å²) in [7, 11) is 0. The number of nitrogens with zero attached hydrogens (tertiary/aromatic N) is 5. The number of amides is 1. The molecule has 1 N–H and O–H groups in total. The second kappa shape index (κ2) is 6.91. The molecule has 0 saturated heterocycles. The van der Waals surface area contributed by atoms with Crippen molar-refractivity contribution < 1.29 is 9.18 Å². The molecule has 1 amide bonds. The number of fused-ring (bicyclic) bond motifs is 1. The molecule has 4 rings (SSSR count). The first kappa shape index (κ1) is 16.8. The molecule has 3 aromatic heterocycles. The molecule has 0 radical (unpaired) electrons. The minimum Gasteiger partial charge on any atom is -0.346 e. The summed E-state index contributed by atoms with van der Waals surface area (Å²) in [6.07, 6.45) is 4.93. The van der Waals surface area contributed by atoms with Crippen LogP contribution in [-0.4, -0.2) is 30.5 Å². The standard InChI is InChI=1S/C19H15FN6O/c1-12-24-19-23-9-15(11-26(19)25-12)13-6-14(8-16(20)7-13)18(27)22-10-17-4-2-3-5-21-17/h2-9,11H,10H2,1H3,(H,22,27). The van der Waals surface area contributed by atoms with Crippen LogP contribution in [0.4, 0.5) is 4.39 Å². The van der Waals surface area contributed by atoms with Crippen LogP contribution >= 0.6 is 0 Å². The number of carbonyl (C=O) groups excluding carboxylic acids is 1. The van der Waals surface area contributed by atoms with Gasteiger partial charge in [0.15, 0.2) is 0 Å². The van der Waals surface area contributed by atoms with E-state index >= 15 is 0 Å². The Morgan fingerprint density at radius 2 is 2.07 bits per heavy atom. The Morgan fingerprint density at radius 3 is 2.89 bits per heavy atom. The molecule has 1 aromatic carbocycles. The maximum Gasteiger partial charge on any atom is 0.252 e. The van der Waals surface area contributed by atoms with Gasteiger partial charge in [-0.1, -0.05) is 6.07 Å². The molecule has 0 spiro atoms.